The smallest absolute Gasteiger partial charge is 0.233 e. The number of nitrogens with zero attached hydrogens (tertiary/aromatic N) is 4. The number of hydrogen-bond donors (Lipinski definition) is 1. The molecular weight excluding hydrogens is 216 g/mol. The Morgan fingerprint density at radius 3 is 3.12 bits per heavy atom. The molecule has 17 heavy (non-hydrogen) atoms. The summed E-state index contributed by atoms with van der Waals surface area (Å²) in [4.78, 5) is 10.8. The van der Waals surface area contributed by atoms with Gasteiger partial charge in [0.1, 0.15) is 0 Å². The largest absolute Gasteiger partial charge is 0.395 e. The fourth-order valence-corrected chi connectivity index (χ4v) is 2.68. The van der Waals surface area contributed by atoms with Crippen molar-refractivity contribution in [2.45, 2.75) is 18.9 Å². The Morgan fingerprint density at radius 1 is 1.35 bits per heavy atom. The van der Waals surface area contributed by atoms with Gasteiger partial charge >= 0.3 is 0 Å². The lowest BCUT2D eigenvalue weighted by Crippen LogP contribution is -2.27. The Hall–Kier alpha value is -1.46. The maximum atomic E-state index is 9.09. The van der Waals surface area contributed by atoms with Gasteiger partial charge in [-0.3, -0.25) is 9.30 Å². The van der Waals surface area contributed by atoms with E-state index in [1.807, 2.05) is 16.8 Å². The molecule has 2 aromatic heterocycles. The second-order valence-corrected chi connectivity index (χ2v) is 4.38. The molecule has 1 atom stereocenters. The van der Waals surface area contributed by atoms with Gasteiger partial charge in [0.15, 0.2) is 0 Å². The number of fused-ring (bicyclic) bond motifs is 1. The Balaban J connectivity index is 1.99. The molecule has 3 rings (SSSR count). The number of hydrogen-bond acceptors (Lipinski definition) is 4. The fraction of sp³-hybridized carbons (Fsp3) is 0.500. The highest BCUT2D eigenvalue weighted by atomic mass is 16.3. The Bertz CT molecular complexity index is 510. The van der Waals surface area contributed by atoms with Crippen molar-refractivity contribution >= 4 is 5.78 Å². The number of likely N-dealkylation sites (tertiary alicyclic amines) is 1. The molecule has 2 aromatic rings. The third-order valence-electron chi connectivity index (χ3n) is 3.43. The standard InChI is InChI=1S/C12H16N4O/c17-9-8-15-6-1-2-10(15)11-3-4-13-12-14-5-7-16(11)12/h3-5,7,10,17H,1-2,6,8-9H2/t10-/m0/s1. The van der Waals surface area contributed by atoms with Crippen LogP contribution in [0, 0.1) is 0 Å². The maximum absolute atomic E-state index is 9.09. The Kier molecular flexibility index (Phi) is 2.78. The van der Waals surface area contributed by atoms with Crippen molar-refractivity contribution in [3.05, 3.63) is 30.4 Å². The van der Waals surface area contributed by atoms with Crippen LogP contribution in [0.15, 0.2) is 24.7 Å². The summed E-state index contributed by atoms with van der Waals surface area (Å²) in [5.74, 6) is 0.748. The normalized spacial score (nSPS) is 21.4. The summed E-state index contributed by atoms with van der Waals surface area (Å²) >= 11 is 0. The van der Waals surface area contributed by atoms with Gasteiger partial charge in [0.2, 0.25) is 5.78 Å². The Morgan fingerprint density at radius 2 is 2.24 bits per heavy atom. The van der Waals surface area contributed by atoms with E-state index in [2.05, 4.69) is 20.9 Å². The van der Waals surface area contributed by atoms with E-state index in [0.29, 0.717) is 6.04 Å². The summed E-state index contributed by atoms with van der Waals surface area (Å²) in [5.41, 5.74) is 1.22. The molecule has 3 heterocycles. The maximum Gasteiger partial charge on any atom is 0.233 e. The monoisotopic (exact) mass is 232 g/mol. The van der Waals surface area contributed by atoms with E-state index in [4.69, 9.17) is 5.11 Å². The van der Waals surface area contributed by atoms with E-state index in [1.165, 1.54) is 12.1 Å². The van der Waals surface area contributed by atoms with Crippen molar-refractivity contribution < 1.29 is 5.11 Å². The van der Waals surface area contributed by atoms with Crippen LogP contribution in [0.5, 0.6) is 0 Å². The number of imidazole rings is 1. The molecule has 90 valence electrons. The number of β-amino-alcohol motifs (C(OH)–C–C–N with tert-alkyl or cyclic N) is 1. The van der Waals surface area contributed by atoms with Gasteiger partial charge in [-0.05, 0) is 25.5 Å². The zero-order chi connectivity index (χ0) is 11.7. The summed E-state index contributed by atoms with van der Waals surface area (Å²) in [6, 6.07) is 2.43. The molecule has 1 saturated heterocycles. The van der Waals surface area contributed by atoms with E-state index >= 15 is 0 Å². The number of aliphatic hydroxyl groups excluding tert-OH is 1. The quantitative estimate of drug-likeness (QED) is 0.852. The minimum absolute atomic E-state index is 0.217. The van der Waals surface area contributed by atoms with Crippen molar-refractivity contribution in [3.8, 4) is 0 Å². The molecule has 5 heteroatoms. The molecule has 1 fully saturated rings. The molecule has 0 radical (unpaired) electrons. The van der Waals surface area contributed by atoms with Crippen LogP contribution < -0.4 is 0 Å². The van der Waals surface area contributed by atoms with Crippen molar-refractivity contribution in [2.75, 3.05) is 19.7 Å². The highest BCUT2D eigenvalue weighted by Crippen LogP contribution is 2.31. The van der Waals surface area contributed by atoms with Crippen LogP contribution in [0.1, 0.15) is 24.6 Å². The van der Waals surface area contributed by atoms with Crippen LogP contribution in [-0.2, 0) is 0 Å². The van der Waals surface area contributed by atoms with Crippen molar-refractivity contribution in [3.63, 3.8) is 0 Å². The highest BCUT2D eigenvalue weighted by Gasteiger charge is 2.27. The van der Waals surface area contributed by atoms with Crippen molar-refractivity contribution in [2.24, 2.45) is 0 Å². The second-order valence-electron chi connectivity index (χ2n) is 4.38. The van der Waals surface area contributed by atoms with Gasteiger partial charge in [-0.1, -0.05) is 0 Å². The van der Waals surface area contributed by atoms with Gasteiger partial charge in [0.05, 0.1) is 12.6 Å². The van der Waals surface area contributed by atoms with Crippen LogP contribution in [-0.4, -0.2) is 44.1 Å². The first-order chi connectivity index (χ1) is 8.40. The van der Waals surface area contributed by atoms with E-state index in [1.54, 1.807) is 6.20 Å². The molecule has 1 aliphatic rings. The number of rotatable bonds is 3. The molecule has 5 nitrogen and oxygen atoms in total. The molecule has 0 aliphatic carbocycles. The third kappa shape index (κ3) is 1.81. The third-order valence-corrected chi connectivity index (χ3v) is 3.43. The molecule has 0 aromatic carbocycles. The van der Waals surface area contributed by atoms with Gasteiger partial charge in [0.25, 0.3) is 0 Å². The van der Waals surface area contributed by atoms with Crippen LogP contribution >= 0.6 is 0 Å². The zero-order valence-corrected chi connectivity index (χ0v) is 9.66. The molecule has 1 aliphatic heterocycles. The van der Waals surface area contributed by atoms with Crippen molar-refractivity contribution in [1.82, 2.24) is 19.3 Å². The first kappa shape index (κ1) is 10.7. The average Bonchev–Trinajstić information content (AvgIpc) is 2.96. The summed E-state index contributed by atoms with van der Waals surface area (Å²) in [6.07, 6.45) is 7.86. The highest BCUT2D eigenvalue weighted by molar-refractivity contribution is 5.31. The first-order valence-electron chi connectivity index (χ1n) is 6.03. The molecule has 0 unspecified atom stereocenters. The molecule has 0 bridgehead atoms. The van der Waals surface area contributed by atoms with Crippen LogP contribution in [0.25, 0.3) is 5.78 Å². The van der Waals surface area contributed by atoms with Gasteiger partial charge in [-0.25, -0.2) is 9.97 Å². The van der Waals surface area contributed by atoms with Gasteiger partial charge in [-0.15, -0.1) is 0 Å². The molecule has 0 saturated carbocycles. The summed E-state index contributed by atoms with van der Waals surface area (Å²) < 4.78 is 2.04. The lowest BCUT2D eigenvalue weighted by Gasteiger charge is -2.24. The van der Waals surface area contributed by atoms with Crippen LogP contribution in [0.3, 0.4) is 0 Å². The zero-order valence-electron chi connectivity index (χ0n) is 9.66. The summed E-state index contributed by atoms with van der Waals surface area (Å²) in [7, 11) is 0. The summed E-state index contributed by atoms with van der Waals surface area (Å²) in [6.45, 7) is 2.02. The predicted octanol–water partition coefficient (Wildman–Crippen LogP) is 0.858. The number of aromatic nitrogens is 3. The average molecular weight is 232 g/mol. The van der Waals surface area contributed by atoms with E-state index in [9.17, 15) is 0 Å². The predicted molar refractivity (Wildman–Crippen MR) is 63.6 cm³/mol. The minimum Gasteiger partial charge on any atom is -0.395 e. The lowest BCUT2D eigenvalue weighted by atomic mass is 10.1. The second kappa shape index (κ2) is 4.43. The summed E-state index contributed by atoms with van der Waals surface area (Å²) in [5, 5.41) is 9.09. The first-order valence-corrected chi connectivity index (χ1v) is 6.03. The van der Waals surface area contributed by atoms with E-state index < -0.39 is 0 Å². The molecule has 1 N–H and O–H groups in total. The SMILES string of the molecule is OCCN1CCC[C@H]1c1ccnc2nccn12. The van der Waals surface area contributed by atoms with E-state index in [-0.39, 0.29) is 6.61 Å². The lowest BCUT2D eigenvalue weighted by molar-refractivity contribution is 0.183. The van der Waals surface area contributed by atoms with Gasteiger partial charge in [-0.2, -0.15) is 0 Å². The Labute approximate surface area is 99.7 Å². The molecule has 0 spiro atoms. The van der Waals surface area contributed by atoms with E-state index in [0.717, 1.165) is 25.3 Å². The van der Waals surface area contributed by atoms with Gasteiger partial charge in [0, 0.05) is 30.8 Å². The number of aliphatic hydroxyl groups is 1. The molecule has 0 amide bonds. The van der Waals surface area contributed by atoms with Crippen molar-refractivity contribution in [1.29, 1.82) is 0 Å². The van der Waals surface area contributed by atoms with Crippen LogP contribution in [0.2, 0.25) is 0 Å². The molecular formula is C12H16N4O. The fourth-order valence-electron chi connectivity index (χ4n) is 2.68. The van der Waals surface area contributed by atoms with Crippen LogP contribution in [0.4, 0.5) is 0 Å². The minimum atomic E-state index is 0.217. The van der Waals surface area contributed by atoms with Gasteiger partial charge < -0.3 is 5.11 Å². The topological polar surface area (TPSA) is 53.7 Å².